The molecule has 0 radical (unpaired) electrons. The average Bonchev–Trinajstić information content (AvgIpc) is 3.23. The number of amides is 1. The standard InChI is InChI=1S/C23H34N6O2/c1-15(2)29-17(5-9-25-29)14-28-12-8-19-21(27-10-6-18(31-4)7-11-27)13-20(23(24)30)26-22(19)16(28)3/h5,9,13,15-16,18H,6-8,10-12,14H2,1-4H3,(H2,24,30)/t16-/m1/s1. The second-order valence-corrected chi connectivity index (χ2v) is 8.93. The molecule has 0 bridgehead atoms. The Morgan fingerprint density at radius 3 is 2.68 bits per heavy atom. The number of nitrogens with zero attached hydrogens (tertiary/aromatic N) is 5. The van der Waals surface area contributed by atoms with Gasteiger partial charge < -0.3 is 15.4 Å². The molecule has 2 aromatic rings. The summed E-state index contributed by atoms with van der Waals surface area (Å²) in [6, 6.07) is 4.39. The summed E-state index contributed by atoms with van der Waals surface area (Å²) in [5.74, 6) is -0.474. The number of piperidine rings is 1. The Hall–Kier alpha value is -2.45. The predicted molar refractivity (Wildman–Crippen MR) is 120 cm³/mol. The first-order chi connectivity index (χ1) is 14.9. The van der Waals surface area contributed by atoms with E-state index in [1.807, 2.05) is 12.3 Å². The molecule has 2 aliphatic heterocycles. The first kappa shape index (κ1) is 21.8. The number of primary amides is 1. The van der Waals surface area contributed by atoms with Crippen LogP contribution in [0.4, 0.5) is 5.69 Å². The lowest BCUT2D eigenvalue weighted by molar-refractivity contribution is 0.0818. The molecule has 1 fully saturated rings. The average molecular weight is 427 g/mol. The molecule has 31 heavy (non-hydrogen) atoms. The molecule has 0 unspecified atom stereocenters. The van der Waals surface area contributed by atoms with Gasteiger partial charge in [0.15, 0.2) is 0 Å². The largest absolute Gasteiger partial charge is 0.381 e. The monoisotopic (exact) mass is 426 g/mol. The van der Waals surface area contributed by atoms with Crippen molar-refractivity contribution in [3.63, 3.8) is 0 Å². The normalized spacial score (nSPS) is 20.3. The molecule has 2 aliphatic rings. The van der Waals surface area contributed by atoms with Crippen LogP contribution in [0.5, 0.6) is 0 Å². The molecule has 4 heterocycles. The molecule has 168 valence electrons. The number of fused-ring (bicyclic) bond motifs is 1. The van der Waals surface area contributed by atoms with Gasteiger partial charge in [-0.3, -0.25) is 14.4 Å². The maximum absolute atomic E-state index is 12.1. The van der Waals surface area contributed by atoms with Crippen molar-refractivity contribution in [2.24, 2.45) is 5.73 Å². The second kappa shape index (κ2) is 8.96. The molecule has 0 spiro atoms. The molecule has 2 aromatic heterocycles. The first-order valence-corrected chi connectivity index (χ1v) is 11.3. The van der Waals surface area contributed by atoms with E-state index in [0.717, 1.165) is 56.8 Å². The predicted octanol–water partition coefficient (Wildman–Crippen LogP) is 2.69. The van der Waals surface area contributed by atoms with Gasteiger partial charge in [0.2, 0.25) is 0 Å². The van der Waals surface area contributed by atoms with Crippen molar-refractivity contribution in [3.8, 4) is 0 Å². The van der Waals surface area contributed by atoms with E-state index in [2.05, 4.69) is 46.4 Å². The molecule has 0 aromatic carbocycles. The summed E-state index contributed by atoms with van der Waals surface area (Å²) in [6.07, 6.45) is 5.05. The Bertz CT molecular complexity index is 932. The summed E-state index contributed by atoms with van der Waals surface area (Å²) in [5, 5.41) is 4.47. The Morgan fingerprint density at radius 1 is 1.29 bits per heavy atom. The SMILES string of the molecule is COC1CCN(c2cc(C(N)=O)nc3c2CCN(Cc2ccnn2C(C)C)[C@@H]3C)CC1. The molecule has 2 N–H and O–H groups in total. The highest BCUT2D eigenvalue weighted by molar-refractivity contribution is 5.92. The zero-order chi connectivity index (χ0) is 22.1. The van der Waals surface area contributed by atoms with E-state index in [4.69, 9.17) is 15.5 Å². The highest BCUT2D eigenvalue weighted by Gasteiger charge is 2.31. The van der Waals surface area contributed by atoms with Gasteiger partial charge in [0, 0.05) is 51.2 Å². The summed E-state index contributed by atoms with van der Waals surface area (Å²) in [5.41, 5.74) is 10.6. The number of hydrogen-bond donors (Lipinski definition) is 1. The third-order valence-corrected chi connectivity index (χ3v) is 6.70. The highest BCUT2D eigenvalue weighted by Crippen LogP contribution is 2.36. The van der Waals surface area contributed by atoms with E-state index in [9.17, 15) is 4.79 Å². The summed E-state index contributed by atoms with van der Waals surface area (Å²) in [7, 11) is 1.78. The van der Waals surface area contributed by atoms with Crippen LogP contribution >= 0.6 is 0 Å². The number of aromatic nitrogens is 3. The number of carbonyl (C=O) groups excluding carboxylic acids is 1. The third-order valence-electron chi connectivity index (χ3n) is 6.70. The lowest BCUT2D eigenvalue weighted by Gasteiger charge is -2.39. The number of anilines is 1. The molecule has 8 heteroatoms. The van der Waals surface area contributed by atoms with E-state index in [-0.39, 0.29) is 6.04 Å². The van der Waals surface area contributed by atoms with Crippen molar-refractivity contribution in [3.05, 3.63) is 41.0 Å². The molecular weight excluding hydrogens is 392 g/mol. The minimum absolute atomic E-state index is 0.0915. The van der Waals surface area contributed by atoms with Gasteiger partial charge in [0.05, 0.1) is 23.5 Å². The van der Waals surface area contributed by atoms with Crippen molar-refractivity contribution in [1.82, 2.24) is 19.7 Å². The van der Waals surface area contributed by atoms with Gasteiger partial charge in [-0.2, -0.15) is 5.10 Å². The Morgan fingerprint density at radius 2 is 2.03 bits per heavy atom. The zero-order valence-electron chi connectivity index (χ0n) is 19.0. The summed E-state index contributed by atoms with van der Waals surface area (Å²) >= 11 is 0. The maximum atomic E-state index is 12.1. The van der Waals surface area contributed by atoms with Crippen LogP contribution in [0.3, 0.4) is 0 Å². The molecule has 1 atom stereocenters. The van der Waals surface area contributed by atoms with Crippen LogP contribution in [0.15, 0.2) is 18.3 Å². The Kier molecular flexibility index (Phi) is 6.29. The molecular formula is C23H34N6O2. The van der Waals surface area contributed by atoms with Crippen molar-refractivity contribution in [1.29, 1.82) is 0 Å². The van der Waals surface area contributed by atoms with Crippen LogP contribution in [-0.4, -0.2) is 58.4 Å². The number of methoxy groups -OCH3 is 1. The van der Waals surface area contributed by atoms with E-state index in [1.165, 1.54) is 11.3 Å². The van der Waals surface area contributed by atoms with Crippen LogP contribution < -0.4 is 10.6 Å². The lowest BCUT2D eigenvalue weighted by atomic mass is 9.94. The fraction of sp³-hybridized carbons (Fsp3) is 0.609. The van der Waals surface area contributed by atoms with Crippen LogP contribution in [0.2, 0.25) is 0 Å². The van der Waals surface area contributed by atoms with Gasteiger partial charge >= 0.3 is 0 Å². The van der Waals surface area contributed by atoms with E-state index >= 15 is 0 Å². The third kappa shape index (κ3) is 4.32. The van der Waals surface area contributed by atoms with Crippen molar-refractivity contribution < 1.29 is 9.53 Å². The number of ether oxygens (including phenoxy) is 1. The number of carbonyl (C=O) groups is 1. The zero-order valence-corrected chi connectivity index (χ0v) is 19.0. The Balaban J connectivity index is 1.64. The van der Waals surface area contributed by atoms with Gasteiger partial charge in [-0.25, -0.2) is 4.98 Å². The van der Waals surface area contributed by atoms with E-state index < -0.39 is 5.91 Å². The number of rotatable bonds is 6. The molecule has 0 aliphatic carbocycles. The van der Waals surface area contributed by atoms with E-state index in [0.29, 0.717) is 17.8 Å². The van der Waals surface area contributed by atoms with Crippen LogP contribution in [0.1, 0.15) is 73.1 Å². The van der Waals surface area contributed by atoms with Crippen molar-refractivity contribution in [2.45, 2.75) is 64.8 Å². The molecule has 0 saturated carbocycles. The second-order valence-electron chi connectivity index (χ2n) is 8.93. The summed E-state index contributed by atoms with van der Waals surface area (Å²) in [6.45, 7) is 10.0. The van der Waals surface area contributed by atoms with Gasteiger partial charge in [0.25, 0.3) is 5.91 Å². The molecule has 8 nitrogen and oxygen atoms in total. The van der Waals surface area contributed by atoms with Crippen LogP contribution in [0.25, 0.3) is 0 Å². The topological polar surface area (TPSA) is 89.5 Å². The van der Waals surface area contributed by atoms with Gasteiger partial charge in [-0.1, -0.05) is 0 Å². The van der Waals surface area contributed by atoms with Gasteiger partial charge in [-0.05, 0) is 57.7 Å². The maximum Gasteiger partial charge on any atom is 0.267 e. The lowest BCUT2D eigenvalue weighted by Crippen LogP contribution is -2.40. The highest BCUT2D eigenvalue weighted by atomic mass is 16.5. The Labute approximate surface area is 184 Å². The summed E-state index contributed by atoms with van der Waals surface area (Å²) in [4.78, 5) is 21.6. The number of pyridine rings is 1. The molecule has 1 saturated heterocycles. The van der Waals surface area contributed by atoms with E-state index in [1.54, 1.807) is 7.11 Å². The van der Waals surface area contributed by atoms with Crippen LogP contribution in [0, 0.1) is 0 Å². The minimum atomic E-state index is -0.474. The minimum Gasteiger partial charge on any atom is -0.381 e. The van der Waals surface area contributed by atoms with Crippen molar-refractivity contribution >= 4 is 11.6 Å². The smallest absolute Gasteiger partial charge is 0.267 e. The quantitative estimate of drug-likeness (QED) is 0.764. The first-order valence-electron chi connectivity index (χ1n) is 11.3. The summed E-state index contributed by atoms with van der Waals surface area (Å²) < 4.78 is 7.60. The van der Waals surface area contributed by atoms with Crippen molar-refractivity contribution in [2.75, 3.05) is 31.6 Å². The fourth-order valence-electron chi connectivity index (χ4n) is 4.90. The van der Waals surface area contributed by atoms with Crippen LogP contribution in [-0.2, 0) is 17.7 Å². The number of hydrogen-bond acceptors (Lipinski definition) is 6. The molecule has 1 amide bonds. The van der Waals surface area contributed by atoms with Gasteiger partial charge in [-0.15, -0.1) is 0 Å². The number of nitrogens with two attached hydrogens (primary N) is 1. The van der Waals surface area contributed by atoms with Gasteiger partial charge in [0.1, 0.15) is 5.69 Å². The molecule has 4 rings (SSSR count). The fourth-order valence-corrected chi connectivity index (χ4v) is 4.90.